The van der Waals surface area contributed by atoms with Gasteiger partial charge in [-0.1, -0.05) is 29.8 Å². The maximum Gasteiger partial charge on any atom is 0.318 e. The lowest BCUT2D eigenvalue weighted by molar-refractivity contribution is -0.122. The van der Waals surface area contributed by atoms with Crippen LogP contribution in [0.1, 0.15) is 44.6 Å². The average Bonchev–Trinajstić information content (AvgIpc) is 3.52. The molecule has 0 spiro atoms. The Morgan fingerprint density at radius 3 is 2.36 bits per heavy atom. The van der Waals surface area contributed by atoms with Crippen LogP contribution in [0.25, 0.3) is 0 Å². The molecule has 4 rings (SSSR count). The van der Waals surface area contributed by atoms with Crippen molar-refractivity contribution in [2.24, 2.45) is 11.7 Å². The minimum absolute atomic E-state index is 0.110. The number of carbonyl (C=O) groups is 3. The lowest BCUT2D eigenvalue weighted by Crippen LogP contribution is -2.50. The van der Waals surface area contributed by atoms with Crippen molar-refractivity contribution in [3.05, 3.63) is 79.1 Å². The lowest BCUT2D eigenvalue weighted by Gasteiger charge is -2.30. The largest absolute Gasteiger partial charge is 0.368 e. The summed E-state index contributed by atoms with van der Waals surface area (Å²) in [5.74, 6) is -2.08. The summed E-state index contributed by atoms with van der Waals surface area (Å²) in [6, 6.07) is 10.6. The molecule has 4 atom stereocenters. The number of carbonyl (C=O) groups excluding carboxylic acids is 3. The summed E-state index contributed by atoms with van der Waals surface area (Å²) in [5, 5.41) is 7.13. The molecular weight excluding hydrogens is 478 g/mol. The maximum atomic E-state index is 13.9. The predicted octanol–water partition coefficient (Wildman–Crippen LogP) is 4.99. The molecule has 2 aromatic heterocycles. The summed E-state index contributed by atoms with van der Waals surface area (Å²) < 4.78 is 0. The van der Waals surface area contributed by atoms with Crippen LogP contribution in [-0.2, 0) is 4.79 Å². The van der Waals surface area contributed by atoms with Crippen molar-refractivity contribution in [1.82, 2.24) is 10.2 Å². The van der Waals surface area contributed by atoms with Gasteiger partial charge in [0.1, 0.15) is 6.04 Å². The number of nitrogens with one attached hydrogen (secondary N) is 1. The highest BCUT2D eigenvalue weighted by atomic mass is 35.5. The second-order valence-electron chi connectivity index (χ2n) is 7.95. The molecule has 1 aliphatic heterocycles. The molecule has 1 aromatic carbocycles. The Morgan fingerprint density at radius 1 is 1.09 bits per heavy atom. The van der Waals surface area contributed by atoms with E-state index < -0.39 is 35.9 Å². The Morgan fingerprint density at radius 2 is 1.82 bits per heavy atom. The van der Waals surface area contributed by atoms with Gasteiger partial charge in [0, 0.05) is 22.4 Å². The van der Waals surface area contributed by atoms with Crippen LogP contribution in [-0.4, -0.2) is 35.2 Å². The van der Waals surface area contributed by atoms with Crippen LogP contribution >= 0.6 is 34.3 Å². The maximum absolute atomic E-state index is 13.9. The SMILES string of the molecule is CCNC(=O)N1C(C(N)=O)C(c2ccc(Cl)cc2)C(C(=O)c2cccs2)C1c1sccc1C. The van der Waals surface area contributed by atoms with Crippen LogP contribution in [0.15, 0.2) is 53.2 Å². The fourth-order valence-electron chi connectivity index (χ4n) is 4.66. The Labute approximate surface area is 205 Å². The van der Waals surface area contributed by atoms with E-state index >= 15 is 0 Å². The zero-order valence-electron chi connectivity index (χ0n) is 18.2. The summed E-state index contributed by atoms with van der Waals surface area (Å²) in [4.78, 5) is 43.1. The molecule has 0 radical (unpaired) electrons. The third-order valence-electron chi connectivity index (χ3n) is 6.01. The van der Waals surface area contributed by atoms with E-state index in [4.69, 9.17) is 17.3 Å². The molecule has 3 amide bonds. The molecule has 6 nitrogen and oxygen atoms in total. The lowest BCUT2D eigenvalue weighted by atomic mass is 9.78. The number of likely N-dealkylation sites (tertiary alicyclic amines) is 1. The molecule has 3 N–H and O–H groups in total. The van der Waals surface area contributed by atoms with Crippen molar-refractivity contribution >= 4 is 52.0 Å². The molecule has 3 aromatic rings. The van der Waals surface area contributed by atoms with Crippen molar-refractivity contribution in [3.63, 3.8) is 0 Å². The van der Waals surface area contributed by atoms with Gasteiger partial charge >= 0.3 is 6.03 Å². The van der Waals surface area contributed by atoms with E-state index in [9.17, 15) is 14.4 Å². The first-order valence-corrected chi connectivity index (χ1v) is 12.7. The van der Waals surface area contributed by atoms with E-state index in [1.165, 1.54) is 27.6 Å². The number of primary amides is 1. The first kappa shape index (κ1) is 23.5. The molecular formula is C24H24ClN3O3S2. The second-order valence-corrected chi connectivity index (χ2v) is 10.3. The average molecular weight is 502 g/mol. The smallest absolute Gasteiger partial charge is 0.318 e. The fourth-order valence-corrected chi connectivity index (χ4v) is 6.57. The van der Waals surface area contributed by atoms with E-state index in [0.717, 1.165) is 16.0 Å². The quantitative estimate of drug-likeness (QED) is 0.466. The highest BCUT2D eigenvalue weighted by molar-refractivity contribution is 7.12. The molecule has 0 aliphatic carbocycles. The first-order chi connectivity index (χ1) is 15.8. The summed E-state index contributed by atoms with van der Waals surface area (Å²) in [7, 11) is 0. The number of Topliss-reactive ketones (excluding diaryl/α,β-unsaturated/α-hetero) is 1. The van der Waals surface area contributed by atoms with Crippen LogP contribution < -0.4 is 11.1 Å². The normalized spacial score (nSPS) is 22.3. The number of hydrogen-bond donors (Lipinski definition) is 2. The fraction of sp³-hybridized carbons (Fsp3) is 0.292. The summed E-state index contributed by atoms with van der Waals surface area (Å²) in [6.07, 6.45) is 0. The van der Waals surface area contributed by atoms with Crippen LogP contribution in [0.4, 0.5) is 4.79 Å². The molecule has 1 saturated heterocycles. The Hall–Kier alpha value is -2.68. The zero-order valence-corrected chi connectivity index (χ0v) is 20.5. The number of hydrogen-bond acceptors (Lipinski definition) is 5. The van der Waals surface area contributed by atoms with Crippen LogP contribution in [0.3, 0.4) is 0 Å². The van der Waals surface area contributed by atoms with E-state index in [1.807, 2.05) is 36.7 Å². The molecule has 3 heterocycles. The van der Waals surface area contributed by atoms with Gasteiger partial charge in [-0.05, 0) is 60.0 Å². The number of ketones is 1. The van der Waals surface area contributed by atoms with E-state index in [2.05, 4.69) is 5.32 Å². The van der Waals surface area contributed by atoms with E-state index in [-0.39, 0.29) is 5.78 Å². The molecule has 33 heavy (non-hydrogen) atoms. The van der Waals surface area contributed by atoms with Crippen molar-refractivity contribution in [2.75, 3.05) is 6.54 Å². The van der Waals surface area contributed by atoms with Crippen LogP contribution in [0.5, 0.6) is 0 Å². The number of amides is 3. The molecule has 1 aliphatic rings. The van der Waals surface area contributed by atoms with Crippen molar-refractivity contribution < 1.29 is 14.4 Å². The highest BCUT2D eigenvalue weighted by Gasteiger charge is 2.57. The monoisotopic (exact) mass is 501 g/mol. The number of nitrogens with two attached hydrogens (primary N) is 1. The van der Waals surface area contributed by atoms with Gasteiger partial charge in [0.2, 0.25) is 5.91 Å². The molecule has 4 unspecified atom stereocenters. The van der Waals surface area contributed by atoms with Gasteiger partial charge in [-0.2, -0.15) is 0 Å². The predicted molar refractivity (Wildman–Crippen MR) is 132 cm³/mol. The number of rotatable bonds is 6. The van der Waals surface area contributed by atoms with Crippen LogP contribution in [0.2, 0.25) is 5.02 Å². The van der Waals surface area contributed by atoms with Gasteiger partial charge in [-0.15, -0.1) is 22.7 Å². The van der Waals surface area contributed by atoms with Gasteiger partial charge in [0.15, 0.2) is 5.78 Å². The topological polar surface area (TPSA) is 92.5 Å². The number of thiophene rings is 2. The third kappa shape index (κ3) is 4.30. The van der Waals surface area contributed by atoms with Gasteiger partial charge < -0.3 is 16.0 Å². The number of halogens is 1. The minimum atomic E-state index is -1.00. The summed E-state index contributed by atoms with van der Waals surface area (Å²) >= 11 is 8.94. The van der Waals surface area contributed by atoms with Gasteiger partial charge in [-0.25, -0.2) is 4.79 Å². The number of nitrogens with zero attached hydrogens (tertiary/aromatic N) is 1. The van der Waals surface area contributed by atoms with Gasteiger partial charge in [-0.3, -0.25) is 9.59 Å². The van der Waals surface area contributed by atoms with E-state index in [1.54, 1.807) is 30.3 Å². The Balaban J connectivity index is 1.97. The molecule has 9 heteroatoms. The van der Waals surface area contributed by atoms with Crippen molar-refractivity contribution in [3.8, 4) is 0 Å². The second kappa shape index (κ2) is 9.67. The number of aryl methyl sites for hydroxylation is 1. The molecule has 1 fully saturated rings. The Bertz CT molecular complexity index is 1160. The summed E-state index contributed by atoms with van der Waals surface area (Å²) in [6.45, 7) is 4.14. The van der Waals surface area contributed by atoms with Crippen molar-refractivity contribution in [2.45, 2.75) is 31.8 Å². The molecule has 0 saturated carbocycles. The first-order valence-electron chi connectivity index (χ1n) is 10.6. The van der Waals surface area contributed by atoms with Crippen LogP contribution in [0, 0.1) is 12.8 Å². The highest BCUT2D eigenvalue weighted by Crippen LogP contribution is 2.53. The van der Waals surface area contributed by atoms with Gasteiger partial charge in [0.05, 0.1) is 16.8 Å². The minimum Gasteiger partial charge on any atom is -0.368 e. The van der Waals surface area contributed by atoms with E-state index in [0.29, 0.717) is 16.4 Å². The van der Waals surface area contributed by atoms with Crippen molar-refractivity contribution in [1.29, 1.82) is 0 Å². The third-order valence-corrected chi connectivity index (χ3v) is 8.24. The molecule has 172 valence electrons. The molecule has 0 bridgehead atoms. The Kier molecular flexibility index (Phi) is 6.88. The number of benzene rings is 1. The zero-order chi connectivity index (χ0) is 23.7. The standard InChI is InChI=1S/C24H24ClN3O3S2/c1-3-27-24(31)28-19(22-13(2)10-12-33-22)18(21(29)16-5-4-11-32-16)17(20(28)23(26)30)14-6-8-15(25)9-7-14/h4-12,17-20H,3H2,1-2H3,(H2,26,30)(H,27,31). The number of urea groups is 1. The summed E-state index contributed by atoms with van der Waals surface area (Å²) in [5.41, 5.74) is 7.62. The van der Waals surface area contributed by atoms with Gasteiger partial charge in [0.25, 0.3) is 0 Å².